The van der Waals surface area contributed by atoms with E-state index in [0.29, 0.717) is 25.1 Å². The quantitative estimate of drug-likeness (QED) is 0.778. The number of carbonyl (C=O) groups is 2. The summed E-state index contributed by atoms with van der Waals surface area (Å²) in [5, 5.41) is 2.96. The summed E-state index contributed by atoms with van der Waals surface area (Å²) in [4.78, 5) is 38.2. The maximum atomic E-state index is 13.0. The molecule has 1 fully saturated rings. The summed E-state index contributed by atoms with van der Waals surface area (Å²) in [5.74, 6) is -0.199. The molecule has 0 saturated carbocycles. The number of benzene rings is 1. The molecule has 1 aliphatic heterocycles. The molecule has 0 radical (unpaired) electrons. The van der Waals surface area contributed by atoms with Crippen LogP contribution in [0.5, 0.6) is 0 Å². The van der Waals surface area contributed by atoms with Crippen molar-refractivity contribution < 1.29 is 9.59 Å². The van der Waals surface area contributed by atoms with Crippen LogP contribution >= 0.6 is 0 Å². The van der Waals surface area contributed by atoms with E-state index in [-0.39, 0.29) is 11.8 Å². The summed E-state index contributed by atoms with van der Waals surface area (Å²) >= 11 is 0. The molecule has 3 rings (SSSR count). The third kappa shape index (κ3) is 5.60. The summed E-state index contributed by atoms with van der Waals surface area (Å²) < 4.78 is 0. The first-order valence-electron chi connectivity index (χ1n) is 10.2. The molecule has 2 amide bonds. The van der Waals surface area contributed by atoms with Gasteiger partial charge in [0.25, 0.3) is 5.91 Å². The van der Waals surface area contributed by atoms with Gasteiger partial charge in [-0.2, -0.15) is 0 Å². The number of nitrogens with zero attached hydrogens (tertiary/aromatic N) is 4. The summed E-state index contributed by atoms with van der Waals surface area (Å²) in [5.41, 5.74) is 2.18. The first-order chi connectivity index (χ1) is 14.1. The summed E-state index contributed by atoms with van der Waals surface area (Å²) in [7, 11) is 2.06. The topological polar surface area (TPSA) is 78.4 Å². The zero-order valence-electron chi connectivity index (χ0n) is 17.2. The van der Waals surface area contributed by atoms with E-state index in [4.69, 9.17) is 0 Å². The number of rotatable bonds is 7. The van der Waals surface area contributed by atoms with Gasteiger partial charge < -0.3 is 15.1 Å². The van der Waals surface area contributed by atoms with Crippen molar-refractivity contribution in [3.8, 4) is 11.3 Å². The van der Waals surface area contributed by atoms with Gasteiger partial charge in [-0.1, -0.05) is 31.9 Å². The molecule has 154 valence electrons. The lowest BCUT2D eigenvalue weighted by atomic mass is 10.1. The predicted molar refractivity (Wildman–Crippen MR) is 112 cm³/mol. The maximum Gasteiger partial charge on any atom is 0.251 e. The van der Waals surface area contributed by atoms with Gasteiger partial charge in [0.2, 0.25) is 5.91 Å². The third-order valence-electron chi connectivity index (χ3n) is 5.27. The fourth-order valence-electron chi connectivity index (χ4n) is 3.39. The second-order valence-corrected chi connectivity index (χ2v) is 7.46. The Hall–Kier alpha value is -2.80. The zero-order chi connectivity index (χ0) is 20.6. The number of hydrogen-bond donors (Lipinski definition) is 1. The number of piperazine rings is 1. The molecule has 2 aromatic rings. The number of amides is 2. The number of carbonyl (C=O) groups excluding carboxylic acids is 2. The van der Waals surface area contributed by atoms with Crippen molar-refractivity contribution in [2.75, 3.05) is 33.2 Å². The van der Waals surface area contributed by atoms with Gasteiger partial charge in [-0.15, -0.1) is 0 Å². The van der Waals surface area contributed by atoms with Crippen LogP contribution in [0.25, 0.3) is 11.3 Å². The van der Waals surface area contributed by atoms with Crippen LogP contribution in [0.1, 0.15) is 36.5 Å². The first kappa shape index (κ1) is 20.9. The Kier molecular flexibility index (Phi) is 7.30. The number of hydrogen-bond acceptors (Lipinski definition) is 5. The minimum absolute atomic E-state index is 0.0241. The zero-order valence-corrected chi connectivity index (χ0v) is 17.2. The van der Waals surface area contributed by atoms with Crippen molar-refractivity contribution in [1.82, 2.24) is 25.1 Å². The Morgan fingerprint density at radius 1 is 1.10 bits per heavy atom. The van der Waals surface area contributed by atoms with Crippen molar-refractivity contribution in [3.05, 3.63) is 48.4 Å². The van der Waals surface area contributed by atoms with E-state index in [2.05, 4.69) is 34.2 Å². The van der Waals surface area contributed by atoms with E-state index in [1.54, 1.807) is 30.7 Å². The minimum Gasteiger partial charge on any atom is -0.340 e. The van der Waals surface area contributed by atoms with E-state index >= 15 is 0 Å². The second-order valence-electron chi connectivity index (χ2n) is 7.46. The minimum atomic E-state index is -0.481. The Bertz CT molecular complexity index is 802. The van der Waals surface area contributed by atoms with Crippen LogP contribution in [0.3, 0.4) is 0 Å². The molecule has 7 heteroatoms. The third-order valence-corrected chi connectivity index (χ3v) is 5.27. The van der Waals surface area contributed by atoms with Crippen molar-refractivity contribution in [2.24, 2.45) is 0 Å². The molecular weight excluding hydrogens is 366 g/mol. The number of unbranched alkanes of at least 4 members (excludes halogenated alkanes) is 1. The number of aromatic nitrogens is 2. The highest BCUT2D eigenvalue weighted by molar-refractivity contribution is 5.97. The molecule has 1 aromatic heterocycles. The van der Waals surface area contributed by atoms with Gasteiger partial charge >= 0.3 is 0 Å². The van der Waals surface area contributed by atoms with Crippen LogP contribution in [0.4, 0.5) is 0 Å². The van der Waals surface area contributed by atoms with Gasteiger partial charge in [-0.3, -0.25) is 19.6 Å². The average molecular weight is 396 g/mol. The van der Waals surface area contributed by atoms with E-state index in [1.807, 2.05) is 17.0 Å². The Labute approximate surface area is 172 Å². The monoisotopic (exact) mass is 395 g/mol. The van der Waals surface area contributed by atoms with Gasteiger partial charge in [-0.25, -0.2) is 0 Å². The molecule has 1 atom stereocenters. The summed E-state index contributed by atoms with van der Waals surface area (Å²) in [6.07, 6.45) is 7.48. The van der Waals surface area contributed by atoms with E-state index < -0.39 is 6.04 Å². The smallest absolute Gasteiger partial charge is 0.251 e. The highest BCUT2D eigenvalue weighted by atomic mass is 16.2. The fraction of sp³-hybridized carbons (Fsp3) is 0.455. The van der Waals surface area contributed by atoms with Crippen LogP contribution in [0, 0.1) is 0 Å². The van der Waals surface area contributed by atoms with Gasteiger partial charge in [0.1, 0.15) is 6.04 Å². The molecule has 1 saturated heterocycles. The number of nitrogens with one attached hydrogen (secondary N) is 1. The molecule has 7 nitrogen and oxygen atoms in total. The van der Waals surface area contributed by atoms with Crippen molar-refractivity contribution in [3.63, 3.8) is 0 Å². The van der Waals surface area contributed by atoms with Crippen LogP contribution in [-0.4, -0.2) is 70.9 Å². The van der Waals surface area contributed by atoms with E-state index in [1.165, 1.54) is 0 Å². The highest BCUT2D eigenvalue weighted by Gasteiger charge is 2.27. The average Bonchev–Trinajstić information content (AvgIpc) is 2.77. The SMILES string of the molecule is CCCC[C@H](NC(=O)c1ccc(-c2cnccn2)cc1)C(=O)N1CCN(C)CC1. The Balaban J connectivity index is 1.66. The Morgan fingerprint density at radius 2 is 1.83 bits per heavy atom. The normalized spacial score (nSPS) is 15.7. The van der Waals surface area contributed by atoms with Gasteiger partial charge in [0.15, 0.2) is 0 Å². The molecule has 1 aromatic carbocycles. The molecule has 0 unspecified atom stereocenters. The highest BCUT2D eigenvalue weighted by Crippen LogP contribution is 2.16. The Morgan fingerprint density at radius 3 is 2.45 bits per heavy atom. The standard InChI is InChI=1S/C22H29N5O2/c1-3-4-5-19(22(29)27-14-12-26(2)13-15-27)25-21(28)18-8-6-17(7-9-18)20-16-23-10-11-24-20/h6-11,16,19H,3-5,12-15H2,1-2H3,(H,25,28)/t19-/m0/s1. The lowest BCUT2D eigenvalue weighted by molar-refractivity contribution is -0.135. The van der Waals surface area contributed by atoms with Crippen LogP contribution in [0.15, 0.2) is 42.9 Å². The van der Waals surface area contributed by atoms with Gasteiger partial charge in [0.05, 0.1) is 11.9 Å². The van der Waals surface area contributed by atoms with Crippen LogP contribution in [-0.2, 0) is 4.79 Å². The molecule has 2 heterocycles. The summed E-state index contributed by atoms with van der Waals surface area (Å²) in [6.45, 7) is 5.24. The lowest BCUT2D eigenvalue weighted by Gasteiger charge is -2.34. The molecular formula is C22H29N5O2. The first-order valence-corrected chi connectivity index (χ1v) is 10.2. The van der Waals surface area contributed by atoms with Crippen molar-refractivity contribution in [2.45, 2.75) is 32.2 Å². The van der Waals surface area contributed by atoms with E-state index in [0.717, 1.165) is 37.2 Å². The largest absolute Gasteiger partial charge is 0.340 e. The second kappa shape index (κ2) is 10.1. The van der Waals surface area contributed by atoms with Crippen LogP contribution < -0.4 is 5.32 Å². The van der Waals surface area contributed by atoms with Crippen molar-refractivity contribution in [1.29, 1.82) is 0 Å². The number of likely N-dealkylation sites (N-methyl/N-ethyl adjacent to an activating group) is 1. The molecule has 0 aliphatic carbocycles. The molecule has 0 spiro atoms. The van der Waals surface area contributed by atoms with Gasteiger partial charge in [-0.05, 0) is 25.6 Å². The fourth-order valence-corrected chi connectivity index (χ4v) is 3.39. The summed E-state index contributed by atoms with van der Waals surface area (Å²) in [6, 6.07) is 6.74. The predicted octanol–water partition coefficient (Wildman–Crippen LogP) is 2.21. The molecule has 29 heavy (non-hydrogen) atoms. The molecule has 1 N–H and O–H groups in total. The maximum absolute atomic E-state index is 13.0. The van der Waals surface area contributed by atoms with E-state index in [9.17, 15) is 9.59 Å². The van der Waals surface area contributed by atoms with Crippen LogP contribution in [0.2, 0.25) is 0 Å². The van der Waals surface area contributed by atoms with Crippen molar-refractivity contribution >= 4 is 11.8 Å². The molecule has 0 bridgehead atoms. The molecule has 1 aliphatic rings. The van der Waals surface area contributed by atoms with Gasteiger partial charge in [0, 0.05) is 49.7 Å². The lowest BCUT2D eigenvalue weighted by Crippen LogP contribution is -2.54.